The van der Waals surface area contributed by atoms with Gasteiger partial charge in [0.2, 0.25) is 0 Å². The third kappa shape index (κ3) is 3.07. The van der Waals surface area contributed by atoms with Crippen LogP contribution < -0.4 is 5.32 Å². The molecule has 2 amide bonds. The molecule has 0 spiro atoms. The van der Waals surface area contributed by atoms with E-state index in [4.69, 9.17) is 0 Å². The Morgan fingerprint density at radius 2 is 2.15 bits per heavy atom. The fraction of sp³-hybridized carbons (Fsp3) is 0.500. The zero-order valence-electron chi connectivity index (χ0n) is 11.5. The number of amides is 2. The molecule has 1 saturated carbocycles. The van der Waals surface area contributed by atoms with Crippen LogP contribution in [-0.2, 0) is 11.3 Å². The standard InChI is InChI=1S/C14H19N3O3/c1-17(10-11-5-4-8-15-9-11)13(20)16-14(12(18)19)6-2-3-7-14/h4-5,8-9H,2-3,6-7,10H2,1H3,(H,16,20)(H,18,19). The summed E-state index contributed by atoms with van der Waals surface area (Å²) in [4.78, 5) is 29.0. The van der Waals surface area contributed by atoms with Gasteiger partial charge in [0.25, 0.3) is 0 Å². The largest absolute Gasteiger partial charge is 0.480 e. The molecule has 1 aromatic heterocycles. The summed E-state index contributed by atoms with van der Waals surface area (Å²) >= 11 is 0. The van der Waals surface area contributed by atoms with Crippen molar-refractivity contribution >= 4 is 12.0 Å². The van der Waals surface area contributed by atoms with E-state index < -0.39 is 11.5 Å². The predicted octanol–water partition coefficient (Wildman–Crippen LogP) is 1.62. The number of hydrogen-bond acceptors (Lipinski definition) is 3. The first kappa shape index (κ1) is 14.3. The molecule has 6 nitrogen and oxygen atoms in total. The predicted molar refractivity (Wildman–Crippen MR) is 73.1 cm³/mol. The van der Waals surface area contributed by atoms with Crippen LogP contribution in [0.3, 0.4) is 0 Å². The Hall–Kier alpha value is -2.11. The minimum Gasteiger partial charge on any atom is -0.480 e. The van der Waals surface area contributed by atoms with Gasteiger partial charge in [0.1, 0.15) is 5.54 Å². The Balaban J connectivity index is 1.98. The molecular formula is C14H19N3O3. The number of hydrogen-bond donors (Lipinski definition) is 2. The van der Waals surface area contributed by atoms with Gasteiger partial charge in [0.15, 0.2) is 0 Å². The van der Waals surface area contributed by atoms with Crippen molar-refractivity contribution in [1.29, 1.82) is 0 Å². The van der Waals surface area contributed by atoms with E-state index in [1.807, 2.05) is 6.07 Å². The van der Waals surface area contributed by atoms with Crippen molar-refractivity contribution in [1.82, 2.24) is 15.2 Å². The first-order chi connectivity index (χ1) is 9.53. The minimum atomic E-state index is -1.10. The molecule has 20 heavy (non-hydrogen) atoms. The molecule has 1 aliphatic carbocycles. The van der Waals surface area contributed by atoms with Crippen LogP contribution in [0.5, 0.6) is 0 Å². The Kier molecular flexibility index (Phi) is 4.22. The second-order valence-electron chi connectivity index (χ2n) is 5.24. The molecule has 1 aliphatic rings. The van der Waals surface area contributed by atoms with E-state index in [-0.39, 0.29) is 6.03 Å². The normalized spacial score (nSPS) is 16.6. The van der Waals surface area contributed by atoms with Crippen molar-refractivity contribution < 1.29 is 14.7 Å². The molecule has 0 aromatic carbocycles. The Labute approximate surface area is 117 Å². The molecule has 1 aromatic rings. The molecule has 6 heteroatoms. The first-order valence-corrected chi connectivity index (χ1v) is 6.69. The van der Waals surface area contributed by atoms with Crippen LogP contribution in [0.4, 0.5) is 4.79 Å². The summed E-state index contributed by atoms with van der Waals surface area (Å²) in [6, 6.07) is 3.31. The smallest absolute Gasteiger partial charge is 0.329 e. The van der Waals surface area contributed by atoms with E-state index in [1.54, 1.807) is 25.5 Å². The highest BCUT2D eigenvalue weighted by atomic mass is 16.4. The Bertz CT molecular complexity index is 484. The molecule has 1 fully saturated rings. The minimum absolute atomic E-state index is 0.363. The number of nitrogens with zero attached hydrogens (tertiary/aromatic N) is 2. The summed E-state index contributed by atoms with van der Waals surface area (Å²) in [5, 5.41) is 12.0. The van der Waals surface area contributed by atoms with Crippen LogP contribution in [0.1, 0.15) is 31.2 Å². The summed E-state index contributed by atoms with van der Waals surface area (Å²) in [6.07, 6.45) is 6.01. The molecule has 0 unspecified atom stereocenters. The van der Waals surface area contributed by atoms with Gasteiger partial charge in [-0.25, -0.2) is 9.59 Å². The summed E-state index contributed by atoms with van der Waals surface area (Å²) < 4.78 is 0. The van der Waals surface area contributed by atoms with E-state index in [0.717, 1.165) is 18.4 Å². The van der Waals surface area contributed by atoms with E-state index in [2.05, 4.69) is 10.3 Å². The number of pyridine rings is 1. The molecule has 0 radical (unpaired) electrons. The molecular weight excluding hydrogens is 258 g/mol. The van der Waals surface area contributed by atoms with E-state index in [1.165, 1.54) is 4.90 Å². The van der Waals surface area contributed by atoms with Crippen molar-refractivity contribution in [2.75, 3.05) is 7.05 Å². The fourth-order valence-electron chi connectivity index (χ4n) is 2.51. The maximum atomic E-state index is 12.1. The van der Waals surface area contributed by atoms with E-state index in [9.17, 15) is 14.7 Å². The van der Waals surface area contributed by atoms with Gasteiger partial charge in [-0.2, -0.15) is 0 Å². The fourth-order valence-corrected chi connectivity index (χ4v) is 2.51. The maximum absolute atomic E-state index is 12.1. The van der Waals surface area contributed by atoms with Crippen LogP contribution in [0.15, 0.2) is 24.5 Å². The van der Waals surface area contributed by atoms with Crippen molar-refractivity contribution in [2.24, 2.45) is 0 Å². The lowest BCUT2D eigenvalue weighted by Crippen LogP contribution is -2.55. The van der Waals surface area contributed by atoms with Crippen LogP contribution in [-0.4, -0.2) is 39.6 Å². The maximum Gasteiger partial charge on any atom is 0.329 e. The average molecular weight is 277 g/mol. The SMILES string of the molecule is CN(Cc1cccnc1)C(=O)NC1(C(=O)O)CCCC1. The molecule has 2 rings (SSSR count). The van der Waals surface area contributed by atoms with Crippen LogP contribution in [0.25, 0.3) is 0 Å². The number of carboxylic acid groups (broad SMARTS) is 1. The summed E-state index contributed by atoms with van der Waals surface area (Å²) in [5.41, 5.74) is -0.193. The summed E-state index contributed by atoms with van der Waals surface area (Å²) in [6.45, 7) is 0.398. The second kappa shape index (κ2) is 5.90. The third-order valence-corrected chi connectivity index (χ3v) is 3.70. The molecule has 108 valence electrons. The van der Waals surface area contributed by atoms with Crippen molar-refractivity contribution in [2.45, 2.75) is 37.8 Å². The number of urea groups is 1. The second-order valence-corrected chi connectivity index (χ2v) is 5.24. The highest BCUT2D eigenvalue weighted by Crippen LogP contribution is 2.30. The van der Waals surface area contributed by atoms with Crippen LogP contribution in [0, 0.1) is 0 Å². The monoisotopic (exact) mass is 277 g/mol. The quantitative estimate of drug-likeness (QED) is 0.876. The number of aromatic nitrogens is 1. The van der Waals surface area contributed by atoms with Gasteiger partial charge < -0.3 is 15.3 Å². The van der Waals surface area contributed by atoms with Crippen molar-refractivity contribution in [3.8, 4) is 0 Å². The number of aliphatic carboxylic acids is 1. The summed E-state index contributed by atoms with van der Waals surface area (Å²) in [5.74, 6) is -0.946. The van der Waals surface area contributed by atoms with Crippen molar-refractivity contribution in [3.63, 3.8) is 0 Å². The van der Waals surface area contributed by atoms with Gasteiger partial charge >= 0.3 is 12.0 Å². The average Bonchev–Trinajstić information content (AvgIpc) is 2.89. The number of carbonyl (C=O) groups excluding carboxylic acids is 1. The van der Waals surface area contributed by atoms with Gasteiger partial charge in [-0.15, -0.1) is 0 Å². The number of carbonyl (C=O) groups is 2. The van der Waals surface area contributed by atoms with Gasteiger partial charge in [-0.1, -0.05) is 18.9 Å². The molecule has 2 N–H and O–H groups in total. The molecule has 0 aliphatic heterocycles. The zero-order valence-corrected chi connectivity index (χ0v) is 11.5. The zero-order chi connectivity index (χ0) is 14.6. The van der Waals surface area contributed by atoms with Gasteiger partial charge in [-0.05, 0) is 24.5 Å². The number of nitrogens with one attached hydrogen (secondary N) is 1. The van der Waals surface area contributed by atoms with Gasteiger partial charge in [-0.3, -0.25) is 4.98 Å². The van der Waals surface area contributed by atoms with Crippen LogP contribution in [0.2, 0.25) is 0 Å². The lowest BCUT2D eigenvalue weighted by Gasteiger charge is -2.28. The highest BCUT2D eigenvalue weighted by molar-refractivity contribution is 5.86. The topological polar surface area (TPSA) is 82.5 Å². The van der Waals surface area contributed by atoms with E-state index >= 15 is 0 Å². The Morgan fingerprint density at radius 1 is 1.45 bits per heavy atom. The van der Waals surface area contributed by atoms with Crippen molar-refractivity contribution in [3.05, 3.63) is 30.1 Å². The molecule has 0 atom stereocenters. The van der Waals surface area contributed by atoms with Gasteiger partial charge in [0.05, 0.1) is 0 Å². The van der Waals surface area contributed by atoms with Gasteiger partial charge in [0, 0.05) is 26.0 Å². The molecule has 0 bridgehead atoms. The molecule has 1 heterocycles. The van der Waals surface area contributed by atoms with Crippen LogP contribution >= 0.6 is 0 Å². The highest BCUT2D eigenvalue weighted by Gasteiger charge is 2.43. The lowest BCUT2D eigenvalue weighted by molar-refractivity contribution is -0.144. The number of rotatable bonds is 4. The Morgan fingerprint density at radius 3 is 2.70 bits per heavy atom. The summed E-state index contributed by atoms with van der Waals surface area (Å²) in [7, 11) is 1.65. The van der Waals surface area contributed by atoms with E-state index in [0.29, 0.717) is 19.4 Å². The first-order valence-electron chi connectivity index (χ1n) is 6.69. The lowest BCUT2D eigenvalue weighted by atomic mass is 9.98. The third-order valence-electron chi connectivity index (χ3n) is 3.70. The number of carboxylic acids is 1. The molecule has 0 saturated heterocycles.